The number of carbonyl (C=O) groups excluding carboxylic acids is 2. The molecule has 3 rings (SSSR count). The Balaban J connectivity index is 1.82. The number of rotatable bonds is 5. The van der Waals surface area contributed by atoms with Gasteiger partial charge in [-0.25, -0.2) is 0 Å². The second kappa shape index (κ2) is 8.37. The molecule has 1 fully saturated rings. The van der Waals surface area contributed by atoms with Crippen molar-refractivity contribution in [3.05, 3.63) is 70.7 Å². The summed E-state index contributed by atoms with van der Waals surface area (Å²) in [6.07, 6.45) is 0.891. The fourth-order valence-corrected chi connectivity index (χ4v) is 3.55. The van der Waals surface area contributed by atoms with Crippen molar-refractivity contribution in [2.45, 2.75) is 19.3 Å². The van der Waals surface area contributed by atoms with Crippen LogP contribution in [0.5, 0.6) is 0 Å². The van der Waals surface area contributed by atoms with Crippen LogP contribution in [0.3, 0.4) is 0 Å². The van der Waals surface area contributed by atoms with Crippen molar-refractivity contribution in [1.82, 2.24) is 10.2 Å². The average molecular weight is 371 g/mol. The highest BCUT2D eigenvalue weighted by Crippen LogP contribution is 2.33. The predicted octanol–water partition coefficient (Wildman–Crippen LogP) is 3.72. The minimum absolute atomic E-state index is 0.00399. The summed E-state index contributed by atoms with van der Waals surface area (Å²) in [5, 5.41) is 3.59. The number of benzene rings is 2. The van der Waals surface area contributed by atoms with Crippen molar-refractivity contribution < 1.29 is 9.59 Å². The molecule has 4 nitrogen and oxygen atoms in total. The highest BCUT2D eigenvalue weighted by molar-refractivity contribution is 6.30. The lowest BCUT2D eigenvalue weighted by Gasteiger charge is -2.17. The third kappa shape index (κ3) is 4.07. The largest absolute Gasteiger partial charge is 0.356 e. The summed E-state index contributed by atoms with van der Waals surface area (Å²) in [6.45, 7) is 3.65. The van der Waals surface area contributed by atoms with Crippen molar-refractivity contribution in [3.8, 4) is 0 Å². The molecule has 1 N–H and O–H groups in total. The fourth-order valence-electron chi connectivity index (χ4n) is 3.43. The summed E-state index contributed by atoms with van der Waals surface area (Å²) in [7, 11) is 0. The van der Waals surface area contributed by atoms with E-state index in [1.54, 1.807) is 29.2 Å². The molecule has 2 amide bonds. The number of carbonyl (C=O) groups is 2. The summed E-state index contributed by atoms with van der Waals surface area (Å²) in [5.41, 5.74) is 1.69. The summed E-state index contributed by atoms with van der Waals surface area (Å²) in [4.78, 5) is 27.3. The van der Waals surface area contributed by atoms with Crippen LogP contribution in [0.25, 0.3) is 0 Å². The van der Waals surface area contributed by atoms with E-state index in [9.17, 15) is 9.59 Å². The first-order valence-electron chi connectivity index (χ1n) is 8.97. The van der Waals surface area contributed by atoms with Gasteiger partial charge in [-0.1, -0.05) is 48.9 Å². The number of amides is 2. The molecule has 1 aliphatic heterocycles. The monoisotopic (exact) mass is 370 g/mol. The summed E-state index contributed by atoms with van der Waals surface area (Å²) in [6, 6.07) is 16.8. The van der Waals surface area contributed by atoms with E-state index in [4.69, 9.17) is 11.6 Å². The van der Waals surface area contributed by atoms with Crippen molar-refractivity contribution in [2.75, 3.05) is 19.6 Å². The zero-order valence-electron chi connectivity index (χ0n) is 14.8. The topological polar surface area (TPSA) is 49.4 Å². The number of nitrogens with zero attached hydrogens (tertiary/aromatic N) is 1. The summed E-state index contributed by atoms with van der Waals surface area (Å²) < 4.78 is 0. The first-order valence-corrected chi connectivity index (χ1v) is 9.35. The predicted molar refractivity (Wildman–Crippen MR) is 103 cm³/mol. The van der Waals surface area contributed by atoms with Gasteiger partial charge >= 0.3 is 0 Å². The van der Waals surface area contributed by atoms with Crippen LogP contribution in [-0.4, -0.2) is 36.3 Å². The molecule has 0 radical (unpaired) electrons. The molecule has 1 saturated heterocycles. The molecular formula is C21H23ClN2O2. The van der Waals surface area contributed by atoms with Crippen LogP contribution in [0.15, 0.2) is 54.6 Å². The van der Waals surface area contributed by atoms with E-state index in [0.29, 0.717) is 30.2 Å². The molecule has 0 bridgehead atoms. The van der Waals surface area contributed by atoms with Gasteiger partial charge in [0.05, 0.1) is 5.92 Å². The van der Waals surface area contributed by atoms with Crippen LogP contribution in [0.2, 0.25) is 5.02 Å². The second-order valence-electron chi connectivity index (χ2n) is 6.63. The van der Waals surface area contributed by atoms with Crippen LogP contribution in [0.4, 0.5) is 0 Å². The molecule has 26 heavy (non-hydrogen) atoms. The van der Waals surface area contributed by atoms with Gasteiger partial charge in [-0.3, -0.25) is 9.59 Å². The van der Waals surface area contributed by atoms with Gasteiger partial charge < -0.3 is 10.2 Å². The van der Waals surface area contributed by atoms with Crippen molar-refractivity contribution in [1.29, 1.82) is 0 Å². The average Bonchev–Trinajstić information content (AvgIpc) is 3.12. The number of nitrogens with one attached hydrogen (secondary N) is 1. The number of likely N-dealkylation sites (tertiary alicyclic amines) is 1. The molecule has 0 aromatic heterocycles. The van der Waals surface area contributed by atoms with E-state index in [1.807, 2.05) is 37.3 Å². The quantitative estimate of drug-likeness (QED) is 0.871. The van der Waals surface area contributed by atoms with Gasteiger partial charge in [0.1, 0.15) is 0 Å². The Hall–Kier alpha value is -2.33. The molecule has 0 aliphatic carbocycles. The molecule has 2 aromatic rings. The molecule has 0 unspecified atom stereocenters. The first-order chi connectivity index (χ1) is 12.6. The first kappa shape index (κ1) is 18.5. The van der Waals surface area contributed by atoms with Gasteiger partial charge in [0, 0.05) is 36.1 Å². The lowest BCUT2D eigenvalue weighted by atomic mass is 9.88. The van der Waals surface area contributed by atoms with Gasteiger partial charge in [0.2, 0.25) is 5.91 Å². The van der Waals surface area contributed by atoms with Gasteiger partial charge in [-0.2, -0.15) is 0 Å². The smallest absolute Gasteiger partial charge is 0.253 e. The van der Waals surface area contributed by atoms with Gasteiger partial charge in [-0.05, 0) is 36.2 Å². The SMILES string of the molecule is CCCNC(=O)[C@H]1CN(C(=O)c2ccc(Cl)cc2)C[C@H]1c1ccccc1. The number of halogens is 1. The minimum Gasteiger partial charge on any atom is -0.356 e. The van der Waals surface area contributed by atoms with Gasteiger partial charge in [0.25, 0.3) is 5.91 Å². The maximum atomic E-state index is 12.9. The summed E-state index contributed by atoms with van der Waals surface area (Å²) in [5.74, 6) is -0.273. The molecular weight excluding hydrogens is 348 g/mol. The van der Waals surface area contributed by atoms with E-state index in [1.165, 1.54) is 0 Å². The summed E-state index contributed by atoms with van der Waals surface area (Å²) >= 11 is 5.91. The van der Waals surface area contributed by atoms with Crippen LogP contribution >= 0.6 is 11.6 Å². The third-order valence-corrected chi connectivity index (χ3v) is 5.06. The maximum absolute atomic E-state index is 12.9. The molecule has 1 heterocycles. The Morgan fingerprint density at radius 2 is 1.77 bits per heavy atom. The van der Waals surface area contributed by atoms with E-state index in [2.05, 4.69) is 5.32 Å². The standard InChI is InChI=1S/C21H23ClN2O2/c1-2-12-23-20(25)19-14-24(13-18(19)15-6-4-3-5-7-15)21(26)16-8-10-17(22)11-9-16/h3-11,18-19H,2,12-14H2,1H3,(H,23,25)/t18-,19-/m0/s1. The van der Waals surface area contributed by atoms with Crippen LogP contribution in [0.1, 0.15) is 35.2 Å². The van der Waals surface area contributed by atoms with E-state index in [-0.39, 0.29) is 23.7 Å². The van der Waals surface area contributed by atoms with Crippen LogP contribution in [-0.2, 0) is 4.79 Å². The lowest BCUT2D eigenvalue weighted by Crippen LogP contribution is -2.36. The molecule has 0 spiro atoms. The van der Waals surface area contributed by atoms with E-state index >= 15 is 0 Å². The normalized spacial score (nSPS) is 19.4. The maximum Gasteiger partial charge on any atom is 0.253 e. The second-order valence-corrected chi connectivity index (χ2v) is 7.07. The fraction of sp³-hybridized carbons (Fsp3) is 0.333. The third-order valence-electron chi connectivity index (χ3n) is 4.81. The zero-order chi connectivity index (χ0) is 18.5. The Morgan fingerprint density at radius 1 is 1.08 bits per heavy atom. The highest BCUT2D eigenvalue weighted by atomic mass is 35.5. The van der Waals surface area contributed by atoms with Crippen molar-refractivity contribution in [3.63, 3.8) is 0 Å². The van der Waals surface area contributed by atoms with Crippen molar-refractivity contribution >= 4 is 23.4 Å². The lowest BCUT2D eigenvalue weighted by molar-refractivity contribution is -0.124. The van der Waals surface area contributed by atoms with E-state index < -0.39 is 0 Å². The molecule has 136 valence electrons. The number of hydrogen-bond acceptors (Lipinski definition) is 2. The molecule has 0 saturated carbocycles. The Kier molecular flexibility index (Phi) is 5.94. The van der Waals surface area contributed by atoms with Gasteiger partial charge in [-0.15, -0.1) is 0 Å². The minimum atomic E-state index is -0.236. The van der Waals surface area contributed by atoms with Gasteiger partial charge in [0.15, 0.2) is 0 Å². The molecule has 2 aromatic carbocycles. The highest BCUT2D eigenvalue weighted by Gasteiger charge is 2.40. The van der Waals surface area contributed by atoms with Crippen LogP contribution in [0, 0.1) is 5.92 Å². The Morgan fingerprint density at radius 3 is 2.42 bits per heavy atom. The van der Waals surface area contributed by atoms with E-state index in [0.717, 1.165) is 12.0 Å². The molecule has 2 atom stereocenters. The Bertz CT molecular complexity index is 761. The van der Waals surface area contributed by atoms with Crippen LogP contribution < -0.4 is 5.32 Å². The van der Waals surface area contributed by atoms with Crippen molar-refractivity contribution in [2.24, 2.45) is 5.92 Å². The molecule has 1 aliphatic rings. The zero-order valence-corrected chi connectivity index (χ0v) is 15.6. The Labute approximate surface area is 159 Å². The number of hydrogen-bond donors (Lipinski definition) is 1. The molecule has 5 heteroatoms.